The fourth-order valence-corrected chi connectivity index (χ4v) is 5.35. The molecule has 4 heteroatoms. The first kappa shape index (κ1) is 17.0. The van der Waals surface area contributed by atoms with Crippen LogP contribution in [-0.2, 0) is 12.8 Å². The van der Waals surface area contributed by atoms with Gasteiger partial charge >= 0.3 is 0 Å². The highest BCUT2D eigenvalue weighted by Gasteiger charge is 2.28. The lowest BCUT2D eigenvalue weighted by atomic mass is 10.1. The summed E-state index contributed by atoms with van der Waals surface area (Å²) >= 11 is 1.73. The van der Waals surface area contributed by atoms with E-state index in [2.05, 4.69) is 29.7 Å². The standard InChI is InChI=1S/C19H30N2OS/c1-3-7-17-15(4-2)14-18(23-17)19(22)21-12-10-20(11-13-21)16-8-5-6-9-16/h14,16H,3-13H2,1-2H3. The van der Waals surface area contributed by atoms with Crippen LogP contribution in [0.3, 0.4) is 0 Å². The summed E-state index contributed by atoms with van der Waals surface area (Å²) in [4.78, 5) is 19.9. The molecular formula is C19H30N2OS. The number of rotatable bonds is 5. The minimum atomic E-state index is 0.262. The fraction of sp³-hybridized carbons (Fsp3) is 0.737. The molecule has 2 heterocycles. The number of nitrogens with zero attached hydrogens (tertiary/aromatic N) is 2. The zero-order valence-electron chi connectivity index (χ0n) is 14.6. The Morgan fingerprint density at radius 3 is 2.48 bits per heavy atom. The summed E-state index contributed by atoms with van der Waals surface area (Å²) in [6.45, 7) is 8.32. The number of thiophene rings is 1. The average molecular weight is 335 g/mol. The molecule has 1 saturated heterocycles. The van der Waals surface area contributed by atoms with Crippen LogP contribution in [0.2, 0.25) is 0 Å². The number of carbonyl (C=O) groups excluding carboxylic acids is 1. The molecular weight excluding hydrogens is 304 g/mol. The van der Waals surface area contributed by atoms with Gasteiger partial charge in [0.05, 0.1) is 4.88 Å². The number of amides is 1. The van der Waals surface area contributed by atoms with Crippen LogP contribution in [0.5, 0.6) is 0 Å². The normalized spacial score (nSPS) is 20.3. The minimum Gasteiger partial charge on any atom is -0.335 e. The second-order valence-electron chi connectivity index (χ2n) is 6.93. The largest absolute Gasteiger partial charge is 0.335 e. The van der Waals surface area contributed by atoms with Crippen LogP contribution >= 0.6 is 11.3 Å². The van der Waals surface area contributed by atoms with E-state index in [1.165, 1.54) is 36.1 Å². The van der Waals surface area contributed by atoms with Crippen LogP contribution in [0.4, 0.5) is 0 Å². The molecule has 1 aromatic rings. The second-order valence-corrected chi connectivity index (χ2v) is 8.07. The van der Waals surface area contributed by atoms with E-state index in [0.717, 1.165) is 56.4 Å². The van der Waals surface area contributed by atoms with Crippen LogP contribution in [0.25, 0.3) is 0 Å². The molecule has 0 aromatic carbocycles. The first-order valence-electron chi connectivity index (χ1n) is 9.37. The Morgan fingerprint density at radius 1 is 1.17 bits per heavy atom. The molecule has 1 aliphatic heterocycles. The van der Waals surface area contributed by atoms with Crippen molar-refractivity contribution >= 4 is 17.2 Å². The highest BCUT2D eigenvalue weighted by molar-refractivity contribution is 7.14. The summed E-state index contributed by atoms with van der Waals surface area (Å²) in [7, 11) is 0. The van der Waals surface area contributed by atoms with E-state index in [1.807, 2.05) is 0 Å². The number of piperazine rings is 1. The van der Waals surface area contributed by atoms with Crippen molar-refractivity contribution in [2.75, 3.05) is 26.2 Å². The summed E-state index contributed by atoms with van der Waals surface area (Å²) in [5.41, 5.74) is 1.38. The summed E-state index contributed by atoms with van der Waals surface area (Å²) in [5, 5.41) is 0. The van der Waals surface area contributed by atoms with Crippen LogP contribution in [0.1, 0.15) is 66.1 Å². The van der Waals surface area contributed by atoms with Crippen molar-refractivity contribution in [2.45, 2.75) is 64.8 Å². The lowest BCUT2D eigenvalue weighted by Gasteiger charge is -2.37. The van der Waals surface area contributed by atoms with Gasteiger partial charge in [0.15, 0.2) is 0 Å². The number of aryl methyl sites for hydroxylation is 2. The van der Waals surface area contributed by atoms with E-state index in [9.17, 15) is 4.79 Å². The summed E-state index contributed by atoms with van der Waals surface area (Å²) < 4.78 is 0. The third-order valence-electron chi connectivity index (χ3n) is 5.41. The van der Waals surface area contributed by atoms with Gasteiger partial charge in [-0.15, -0.1) is 11.3 Å². The Labute approximate surface area is 144 Å². The molecule has 2 aliphatic rings. The molecule has 3 rings (SSSR count). The second kappa shape index (κ2) is 7.80. The Balaban J connectivity index is 1.60. The lowest BCUT2D eigenvalue weighted by Crippen LogP contribution is -2.51. The van der Waals surface area contributed by atoms with Crippen molar-refractivity contribution in [2.24, 2.45) is 0 Å². The molecule has 0 spiro atoms. The van der Waals surface area contributed by atoms with Crippen molar-refractivity contribution in [3.8, 4) is 0 Å². The molecule has 0 atom stereocenters. The van der Waals surface area contributed by atoms with Gasteiger partial charge < -0.3 is 4.90 Å². The Hall–Kier alpha value is -0.870. The van der Waals surface area contributed by atoms with Gasteiger partial charge in [-0.1, -0.05) is 33.1 Å². The quantitative estimate of drug-likeness (QED) is 0.813. The highest BCUT2D eigenvalue weighted by Crippen LogP contribution is 2.27. The lowest BCUT2D eigenvalue weighted by molar-refractivity contribution is 0.0578. The summed E-state index contributed by atoms with van der Waals surface area (Å²) in [5.74, 6) is 0.262. The maximum Gasteiger partial charge on any atom is 0.264 e. The van der Waals surface area contributed by atoms with E-state index in [0.29, 0.717) is 0 Å². The van der Waals surface area contributed by atoms with Crippen molar-refractivity contribution < 1.29 is 4.79 Å². The van der Waals surface area contributed by atoms with Gasteiger partial charge in [-0.3, -0.25) is 9.69 Å². The molecule has 0 N–H and O–H groups in total. The Kier molecular flexibility index (Phi) is 5.76. The molecule has 128 valence electrons. The monoisotopic (exact) mass is 334 g/mol. The van der Waals surface area contributed by atoms with Gasteiger partial charge in [0.25, 0.3) is 5.91 Å². The molecule has 0 bridgehead atoms. The van der Waals surface area contributed by atoms with E-state index in [1.54, 1.807) is 11.3 Å². The molecule has 3 nitrogen and oxygen atoms in total. The van der Waals surface area contributed by atoms with Gasteiger partial charge in [-0.05, 0) is 37.3 Å². The van der Waals surface area contributed by atoms with Crippen LogP contribution in [0, 0.1) is 0 Å². The molecule has 1 aliphatic carbocycles. The average Bonchev–Trinajstić information content (AvgIpc) is 3.24. The van der Waals surface area contributed by atoms with Crippen LogP contribution in [-0.4, -0.2) is 47.9 Å². The van der Waals surface area contributed by atoms with Crippen LogP contribution in [0.15, 0.2) is 6.07 Å². The van der Waals surface area contributed by atoms with E-state index in [4.69, 9.17) is 0 Å². The van der Waals surface area contributed by atoms with E-state index >= 15 is 0 Å². The van der Waals surface area contributed by atoms with E-state index < -0.39 is 0 Å². The summed E-state index contributed by atoms with van der Waals surface area (Å²) in [6.07, 6.45) is 8.79. The Bertz CT molecular complexity index is 525. The third kappa shape index (κ3) is 3.80. The Morgan fingerprint density at radius 2 is 1.87 bits per heavy atom. The molecule has 1 amide bonds. The predicted molar refractivity (Wildman–Crippen MR) is 97.4 cm³/mol. The maximum absolute atomic E-state index is 12.8. The SMILES string of the molecule is CCCc1sc(C(=O)N2CCN(C3CCCC3)CC2)cc1CC. The van der Waals surface area contributed by atoms with Crippen LogP contribution < -0.4 is 0 Å². The molecule has 23 heavy (non-hydrogen) atoms. The van der Waals surface area contributed by atoms with Crippen molar-refractivity contribution in [3.63, 3.8) is 0 Å². The molecule has 1 saturated carbocycles. The van der Waals surface area contributed by atoms with Crippen molar-refractivity contribution in [3.05, 3.63) is 21.4 Å². The number of hydrogen-bond acceptors (Lipinski definition) is 3. The molecule has 2 fully saturated rings. The number of hydrogen-bond donors (Lipinski definition) is 0. The van der Waals surface area contributed by atoms with Gasteiger partial charge in [-0.2, -0.15) is 0 Å². The first-order valence-corrected chi connectivity index (χ1v) is 10.2. The third-order valence-corrected chi connectivity index (χ3v) is 6.63. The maximum atomic E-state index is 12.8. The smallest absolute Gasteiger partial charge is 0.264 e. The molecule has 0 radical (unpaired) electrons. The first-order chi connectivity index (χ1) is 11.2. The van der Waals surface area contributed by atoms with Gasteiger partial charge in [-0.25, -0.2) is 0 Å². The number of carbonyl (C=O) groups is 1. The highest BCUT2D eigenvalue weighted by atomic mass is 32.1. The topological polar surface area (TPSA) is 23.6 Å². The zero-order valence-corrected chi connectivity index (χ0v) is 15.5. The minimum absolute atomic E-state index is 0.262. The fourth-order valence-electron chi connectivity index (χ4n) is 4.03. The molecule has 0 unspecified atom stereocenters. The van der Waals surface area contributed by atoms with Crippen molar-refractivity contribution in [1.29, 1.82) is 0 Å². The predicted octanol–water partition coefficient (Wildman–Crippen LogP) is 3.96. The molecule has 1 aromatic heterocycles. The van der Waals surface area contributed by atoms with Gasteiger partial charge in [0.1, 0.15) is 0 Å². The van der Waals surface area contributed by atoms with E-state index in [-0.39, 0.29) is 5.91 Å². The zero-order chi connectivity index (χ0) is 16.2. The van der Waals surface area contributed by atoms with Gasteiger partial charge in [0.2, 0.25) is 0 Å². The van der Waals surface area contributed by atoms with Gasteiger partial charge in [0, 0.05) is 37.1 Å². The van der Waals surface area contributed by atoms with Crippen molar-refractivity contribution in [1.82, 2.24) is 9.80 Å². The summed E-state index contributed by atoms with van der Waals surface area (Å²) in [6, 6.07) is 2.94.